The lowest BCUT2D eigenvalue weighted by Crippen LogP contribution is -1.91. The Hall–Kier alpha value is -1.06. The lowest BCUT2D eigenvalue weighted by Gasteiger charge is -2.00. The van der Waals surface area contributed by atoms with Crippen LogP contribution < -0.4 is 4.65 Å². The maximum atomic E-state index is 12.5. The summed E-state index contributed by atoms with van der Waals surface area (Å²) in [7, 11) is 1.29. The monoisotopic (exact) mass is 142 g/mol. The highest BCUT2D eigenvalue weighted by Crippen LogP contribution is 2.17. The summed E-state index contributed by atoms with van der Waals surface area (Å²) in [5, 5.41) is 0. The van der Waals surface area contributed by atoms with E-state index in [0.29, 0.717) is 0 Å². The van der Waals surface area contributed by atoms with Crippen molar-refractivity contribution in [2.75, 3.05) is 0 Å². The first kappa shape index (κ1) is 7.06. The van der Waals surface area contributed by atoms with E-state index in [-0.39, 0.29) is 5.75 Å². The molecule has 0 atom stereocenters. The van der Waals surface area contributed by atoms with Crippen molar-refractivity contribution in [3.05, 3.63) is 29.8 Å². The maximum Gasteiger partial charge on any atom is 0.322 e. The normalized spacial score (nSPS) is 9.40. The molecule has 1 rings (SSSR count). The van der Waals surface area contributed by atoms with E-state index in [2.05, 4.69) is 4.65 Å². The summed E-state index contributed by atoms with van der Waals surface area (Å²) in [4.78, 5) is 0. The summed E-state index contributed by atoms with van der Waals surface area (Å²) < 4.78 is 29.3. The molecule has 0 aliphatic carbocycles. The van der Waals surface area contributed by atoms with E-state index in [9.17, 15) is 8.78 Å². The van der Waals surface area contributed by atoms with Gasteiger partial charge < -0.3 is 4.65 Å². The van der Waals surface area contributed by atoms with E-state index >= 15 is 0 Å². The molecule has 0 aliphatic rings. The second-order valence-corrected chi connectivity index (χ2v) is 1.76. The van der Waals surface area contributed by atoms with Crippen LogP contribution in [0.1, 0.15) is 0 Å². The van der Waals surface area contributed by atoms with Gasteiger partial charge in [0.15, 0.2) is 11.6 Å². The lowest BCUT2D eigenvalue weighted by molar-refractivity contribution is 0.465. The van der Waals surface area contributed by atoms with Crippen molar-refractivity contribution in [1.29, 1.82) is 0 Å². The molecule has 0 heterocycles. The van der Waals surface area contributed by atoms with E-state index in [0.717, 1.165) is 6.07 Å². The maximum absolute atomic E-state index is 12.5. The summed E-state index contributed by atoms with van der Waals surface area (Å²) in [5.74, 6) is -1.90. The minimum atomic E-state index is -0.940. The summed E-state index contributed by atoms with van der Waals surface area (Å²) in [6, 6.07) is 3.79. The van der Waals surface area contributed by atoms with Gasteiger partial charge in [-0.15, -0.1) is 0 Å². The van der Waals surface area contributed by atoms with Crippen LogP contribution in [0.2, 0.25) is 0 Å². The number of hydrogen-bond donors (Lipinski definition) is 0. The second kappa shape index (κ2) is 2.69. The van der Waals surface area contributed by atoms with Crippen LogP contribution in [0.3, 0.4) is 0 Å². The average Bonchev–Trinajstić information content (AvgIpc) is 1.95. The molecule has 0 fully saturated rings. The van der Waals surface area contributed by atoms with E-state index in [1.807, 2.05) is 0 Å². The molecule has 0 N–H and O–H groups in total. The van der Waals surface area contributed by atoms with E-state index in [4.69, 9.17) is 0 Å². The van der Waals surface area contributed by atoms with Gasteiger partial charge in [0, 0.05) is 0 Å². The molecule has 52 valence electrons. The Morgan fingerprint density at radius 2 is 2.00 bits per heavy atom. The van der Waals surface area contributed by atoms with Crippen molar-refractivity contribution in [3.63, 3.8) is 0 Å². The third kappa shape index (κ3) is 1.10. The van der Waals surface area contributed by atoms with Gasteiger partial charge >= 0.3 is 8.05 Å². The number of rotatable bonds is 1. The topological polar surface area (TPSA) is 9.23 Å². The third-order valence-electron chi connectivity index (χ3n) is 1.14. The smallest absolute Gasteiger partial charge is 0.322 e. The number of halogens is 2. The van der Waals surface area contributed by atoms with Crippen LogP contribution in [0.5, 0.6) is 5.75 Å². The van der Waals surface area contributed by atoms with Gasteiger partial charge in [0.1, 0.15) is 5.75 Å². The fourth-order valence-electron chi connectivity index (χ4n) is 0.642. The van der Waals surface area contributed by atoms with Crippen LogP contribution in [-0.2, 0) is 0 Å². The van der Waals surface area contributed by atoms with Gasteiger partial charge in [0.2, 0.25) is 0 Å². The first-order valence-corrected chi connectivity index (χ1v) is 2.73. The SMILES string of the molecule is BOc1cccc(F)c1F. The molecule has 4 heteroatoms. The lowest BCUT2D eigenvalue weighted by atomic mass is 10.3. The van der Waals surface area contributed by atoms with Crippen LogP contribution in [0.4, 0.5) is 8.78 Å². The summed E-state index contributed by atoms with van der Waals surface area (Å²) in [5.41, 5.74) is 0. The average molecular weight is 142 g/mol. The predicted octanol–water partition coefficient (Wildman–Crippen LogP) is 0.892. The third-order valence-corrected chi connectivity index (χ3v) is 1.14. The molecule has 1 aromatic carbocycles. The highest BCUT2D eigenvalue weighted by atomic mass is 19.2. The summed E-state index contributed by atoms with van der Waals surface area (Å²) in [6.07, 6.45) is 0. The Balaban J connectivity index is 3.14. The fourth-order valence-corrected chi connectivity index (χ4v) is 0.642. The zero-order chi connectivity index (χ0) is 7.56. The first-order valence-electron chi connectivity index (χ1n) is 2.73. The van der Waals surface area contributed by atoms with Gasteiger partial charge in [-0.25, -0.2) is 4.39 Å². The Labute approximate surface area is 58.1 Å². The minimum absolute atomic E-state index is 0.0694. The molecule has 0 unspecified atom stereocenters. The van der Waals surface area contributed by atoms with Gasteiger partial charge in [0.25, 0.3) is 0 Å². The Kier molecular flexibility index (Phi) is 1.90. The fraction of sp³-hybridized carbons (Fsp3) is 0. The molecule has 1 aromatic rings. The number of benzene rings is 1. The second-order valence-electron chi connectivity index (χ2n) is 1.76. The predicted molar refractivity (Wildman–Crippen MR) is 35.5 cm³/mol. The molecule has 0 saturated heterocycles. The van der Waals surface area contributed by atoms with Gasteiger partial charge in [-0.05, 0) is 12.1 Å². The molecular weight excluding hydrogens is 137 g/mol. The standard InChI is InChI=1S/C6H5BF2O/c7-10-5-3-1-2-4(8)6(5)9/h1-3H,7H2. The van der Waals surface area contributed by atoms with Crippen LogP contribution in [0.15, 0.2) is 18.2 Å². The van der Waals surface area contributed by atoms with Crippen molar-refractivity contribution in [2.24, 2.45) is 0 Å². The van der Waals surface area contributed by atoms with Gasteiger partial charge in [0.05, 0.1) is 0 Å². The van der Waals surface area contributed by atoms with E-state index in [1.165, 1.54) is 20.2 Å². The molecule has 0 saturated carbocycles. The van der Waals surface area contributed by atoms with Gasteiger partial charge in [-0.2, -0.15) is 4.39 Å². The Morgan fingerprint density at radius 3 is 2.50 bits per heavy atom. The van der Waals surface area contributed by atoms with E-state index in [1.54, 1.807) is 0 Å². The zero-order valence-corrected chi connectivity index (χ0v) is 5.40. The zero-order valence-electron chi connectivity index (χ0n) is 5.40. The largest absolute Gasteiger partial charge is 0.566 e. The molecule has 0 amide bonds. The summed E-state index contributed by atoms with van der Waals surface area (Å²) in [6.45, 7) is 0. The van der Waals surface area contributed by atoms with Crippen LogP contribution in [-0.4, -0.2) is 8.05 Å². The molecule has 0 aliphatic heterocycles. The first-order chi connectivity index (χ1) is 4.75. The van der Waals surface area contributed by atoms with Crippen molar-refractivity contribution >= 4 is 8.05 Å². The Morgan fingerprint density at radius 1 is 1.30 bits per heavy atom. The molecule has 1 nitrogen and oxygen atoms in total. The van der Waals surface area contributed by atoms with Crippen molar-refractivity contribution in [2.45, 2.75) is 0 Å². The van der Waals surface area contributed by atoms with Gasteiger partial charge in [-0.3, -0.25) is 0 Å². The molecule has 10 heavy (non-hydrogen) atoms. The van der Waals surface area contributed by atoms with Crippen molar-refractivity contribution in [3.8, 4) is 5.75 Å². The highest BCUT2D eigenvalue weighted by Gasteiger charge is 2.05. The highest BCUT2D eigenvalue weighted by molar-refractivity contribution is 5.99. The van der Waals surface area contributed by atoms with Crippen molar-refractivity contribution < 1.29 is 13.4 Å². The molecule has 0 bridgehead atoms. The molecule has 0 radical (unpaired) electrons. The Bertz CT molecular complexity index is 239. The molecular formula is C6H5BF2O. The van der Waals surface area contributed by atoms with Crippen LogP contribution in [0.25, 0.3) is 0 Å². The summed E-state index contributed by atoms with van der Waals surface area (Å²) >= 11 is 0. The quantitative estimate of drug-likeness (QED) is 0.529. The molecule has 0 spiro atoms. The molecule has 0 aromatic heterocycles. The van der Waals surface area contributed by atoms with E-state index < -0.39 is 11.6 Å². The van der Waals surface area contributed by atoms with Crippen LogP contribution in [0, 0.1) is 11.6 Å². The van der Waals surface area contributed by atoms with Crippen molar-refractivity contribution in [1.82, 2.24) is 0 Å². The number of hydrogen-bond acceptors (Lipinski definition) is 1. The van der Waals surface area contributed by atoms with Gasteiger partial charge in [-0.1, -0.05) is 6.07 Å². The van der Waals surface area contributed by atoms with Crippen LogP contribution >= 0.6 is 0 Å². The minimum Gasteiger partial charge on any atom is -0.566 e.